The molecule has 104 valence electrons. The van der Waals surface area contributed by atoms with E-state index < -0.39 is 0 Å². The van der Waals surface area contributed by atoms with Crippen molar-refractivity contribution >= 4 is 6.09 Å². The average Bonchev–Trinajstić information content (AvgIpc) is 2.92. The summed E-state index contributed by atoms with van der Waals surface area (Å²) in [5.41, 5.74) is 1.03. The van der Waals surface area contributed by atoms with Crippen molar-refractivity contribution in [1.29, 1.82) is 0 Å². The highest BCUT2D eigenvalue weighted by Crippen LogP contribution is 2.16. The molecule has 19 heavy (non-hydrogen) atoms. The first-order chi connectivity index (χ1) is 9.29. The van der Waals surface area contributed by atoms with Crippen LogP contribution >= 0.6 is 0 Å². The highest BCUT2D eigenvalue weighted by atomic mass is 16.6. The number of rotatable bonds is 5. The predicted octanol–water partition coefficient (Wildman–Crippen LogP) is 2.25. The quantitative estimate of drug-likeness (QED) is 0.885. The summed E-state index contributed by atoms with van der Waals surface area (Å²) in [5.74, 6) is 0.559. The summed E-state index contributed by atoms with van der Waals surface area (Å²) < 4.78 is 5.33. The van der Waals surface area contributed by atoms with Crippen LogP contribution in [0.5, 0.6) is 0 Å². The van der Waals surface area contributed by atoms with E-state index in [4.69, 9.17) is 4.74 Å². The van der Waals surface area contributed by atoms with E-state index in [1.54, 1.807) is 0 Å². The van der Waals surface area contributed by atoms with Gasteiger partial charge in [-0.25, -0.2) is 4.79 Å². The molecule has 1 heterocycles. The molecule has 4 nitrogen and oxygen atoms in total. The van der Waals surface area contributed by atoms with Gasteiger partial charge in [0.25, 0.3) is 0 Å². The standard InChI is InChI=1S/C15H22N2O2/c1-2-16-10-14-8-9-17(11-14)15(18)19-12-13-6-4-3-5-7-13/h3-7,14,16H,2,8-12H2,1H3/t14-/m0/s1. The maximum Gasteiger partial charge on any atom is 0.410 e. The van der Waals surface area contributed by atoms with E-state index in [2.05, 4.69) is 12.2 Å². The molecule has 0 bridgehead atoms. The van der Waals surface area contributed by atoms with Gasteiger partial charge in [-0.2, -0.15) is 0 Å². The van der Waals surface area contributed by atoms with Crippen LogP contribution in [-0.4, -0.2) is 37.2 Å². The smallest absolute Gasteiger partial charge is 0.410 e. The number of nitrogens with one attached hydrogen (secondary N) is 1. The van der Waals surface area contributed by atoms with E-state index in [0.29, 0.717) is 12.5 Å². The molecule has 1 aromatic carbocycles. The van der Waals surface area contributed by atoms with E-state index in [0.717, 1.165) is 38.2 Å². The Balaban J connectivity index is 1.72. The van der Waals surface area contributed by atoms with Gasteiger partial charge in [0.05, 0.1) is 0 Å². The largest absolute Gasteiger partial charge is 0.445 e. The molecule has 0 radical (unpaired) electrons. The zero-order chi connectivity index (χ0) is 13.5. The Morgan fingerprint density at radius 3 is 2.95 bits per heavy atom. The molecule has 1 aliphatic heterocycles. The number of amides is 1. The summed E-state index contributed by atoms with van der Waals surface area (Å²) in [6.07, 6.45) is 0.871. The Bertz CT molecular complexity index is 394. The molecule has 0 spiro atoms. The minimum atomic E-state index is -0.192. The van der Waals surface area contributed by atoms with Crippen LogP contribution in [0.25, 0.3) is 0 Å². The molecule has 1 aliphatic rings. The van der Waals surface area contributed by atoms with Gasteiger partial charge in [0.1, 0.15) is 6.61 Å². The number of hydrogen-bond donors (Lipinski definition) is 1. The van der Waals surface area contributed by atoms with Gasteiger partial charge in [-0.3, -0.25) is 0 Å². The van der Waals surface area contributed by atoms with Gasteiger partial charge >= 0.3 is 6.09 Å². The maximum atomic E-state index is 11.9. The zero-order valence-corrected chi connectivity index (χ0v) is 11.5. The van der Waals surface area contributed by atoms with Crippen LogP contribution in [0.4, 0.5) is 4.79 Å². The number of carbonyl (C=O) groups excluding carboxylic acids is 1. The first-order valence-electron chi connectivity index (χ1n) is 6.96. The second-order valence-electron chi connectivity index (χ2n) is 4.95. The van der Waals surface area contributed by atoms with Crippen molar-refractivity contribution in [3.63, 3.8) is 0 Å². The average molecular weight is 262 g/mol. The molecule has 2 rings (SSSR count). The van der Waals surface area contributed by atoms with Crippen molar-refractivity contribution in [1.82, 2.24) is 10.2 Å². The molecule has 4 heteroatoms. The summed E-state index contributed by atoms with van der Waals surface area (Å²) in [5, 5.41) is 3.33. The van der Waals surface area contributed by atoms with Gasteiger partial charge in [-0.1, -0.05) is 37.3 Å². The van der Waals surface area contributed by atoms with Gasteiger partial charge in [0, 0.05) is 13.1 Å². The van der Waals surface area contributed by atoms with Crippen molar-refractivity contribution in [2.45, 2.75) is 20.0 Å². The van der Waals surface area contributed by atoms with Crippen LogP contribution in [-0.2, 0) is 11.3 Å². The molecule has 1 aromatic rings. The molecular weight excluding hydrogens is 240 g/mol. The van der Waals surface area contributed by atoms with Crippen molar-refractivity contribution in [3.8, 4) is 0 Å². The summed E-state index contributed by atoms with van der Waals surface area (Å²) >= 11 is 0. The third kappa shape index (κ3) is 4.24. The van der Waals surface area contributed by atoms with Crippen molar-refractivity contribution in [2.24, 2.45) is 5.92 Å². The minimum Gasteiger partial charge on any atom is -0.445 e. The third-order valence-corrected chi connectivity index (χ3v) is 3.43. The lowest BCUT2D eigenvalue weighted by molar-refractivity contribution is 0.103. The first-order valence-corrected chi connectivity index (χ1v) is 6.96. The van der Waals surface area contributed by atoms with E-state index in [1.807, 2.05) is 35.2 Å². The second kappa shape index (κ2) is 7.14. The number of carbonyl (C=O) groups is 1. The van der Waals surface area contributed by atoms with Gasteiger partial charge < -0.3 is 15.0 Å². The van der Waals surface area contributed by atoms with E-state index in [9.17, 15) is 4.79 Å². The molecular formula is C15H22N2O2. The highest BCUT2D eigenvalue weighted by molar-refractivity contribution is 5.68. The Hall–Kier alpha value is -1.55. The molecule has 0 aliphatic carbocycles. The van der Waals surface area contributed by atoms with Crippen LogP contribution in [0.3, 0.4) is 0 Å². The molecule has 1 fully saturated rings. The molecule has 1 amide bonds. The molecule has 0 aromatic heterocycles. The summed E-state index contributed by atoms with van der Waals surface area (Å²) in [6.45, 7) is 6.03. The zero-order valence-electron chi connectivity index (χ0n) is 11.5. The lowest BCUT2D eigenvalue weighted by Crippen LogP contribution is -2.31. The van der Waals surface area contributed by atoms with Crippen LogP contribution in [0, 0.1) is 5.92 Å². The van der Waals surface area contributed by atoms with Crippen molar-refractivity contribution in [2.75, 3.05) is 26.2 Å². The Labute approximate surface area is 114 Å². The van der Waals surface area contributed by atoms with Gasteiger partial charge in [0.15, 0.2) is 0 Å². The topological polar surface area (TPSA) is 41.6 Å². The van der Waals surface area contributed by atoms with Gasteiger partial charge in [0.2, 0.25) is 0 Å². The summed E-state index contributed by atoms with van der Waals surface area (Å²) in [7, 11) is 0. The van der Waals surface area contributed by atoms with Gasteiger partial charge in [-0.05, 0) is 31.0 Å². The number of nitrogens with zero attached hydrogens (tertiary/aromatic N) is 1. The van der Waals surface area contributed by atoms with Crippen LogP contribution in [0.15, 0.2) is 30.3 Å². The lowest BCUT2D eigenvalue weighted by Gasteiger charge is -2.16. The van der Waals surface area contributed by atoms with E-state index in [-0.39, 0.29) is 6.09 Å². The maximum absolute atomic E-state index is 11.9. The summed E-state index contributed by atoms with van der Waals surface area (Å²) in [6, 6.07) is 9.78. The Morgan fingerprint density at radius 2 is 2.21 bits per heavy atom. The first kappa shape index (κ1) is 13.9. The van der Waals surface area contributed by atoms with Crippen molar-refractivity contribution in [3.05, 3.63) is 35.9 Å². The SMILES string of the molecule is CCNC[C@@H]1CCN(C(=O)OCc2ccccc2)C1. The fourth-order valence-corrected chi connectivity index (χ4v) is 2.32. The molecule has 0 unspecified atom stereocenters. The molecule has 1 N–H and O–H groups in total. The lowest BCUT2D eigenvalue weighted by atomic mass is 10.1. The number of hydrogen-bond acceptors (Lipinski definition) is 3. The van der Waals surface area contributed by atoms with E-state index >= 15 is 0 Å². The van der Waals surface area contributed by atoms with Gasteiger partial charge in [-0.15, -0.1) is 0 Å². The van der Waals surface area contributed by atoms with Crippen LogP contribution in [0.1, 0.15) is 18.9 Å². The molecule has 1 saturated heterocycles. The Kier molecular flexibility index (Phi) is 5.21. The normalized spacial score (nSPS) is 18.6. The molecule has 1 atom stereocenters. The predicted molar refractivity (Wildman–Crippen MR) is 74.9 cm³/mol. The number of likely N-dealkylation sites (tertiary alicyclic amines) is 1. The number of ether oxygens (including phenoxy) is 1. The minimum absolute atomic E-state index is 0.192. The Morgan fingerprint density at radius 1 is 1.42 bits per heavy atom. The fraction of sp³-hybridized carbons (Fsp3) is 0.533. The van der Waals surface area contributed by atoms with E-state index in [1.165, 1.54) is 0 Å². The van der Waals surface area contributed by atoms with Crippen molar-refractivity contribution < 1.29 is 9.53 Å². The number of benzene rings is 1. The monoisotopic (exact) mass is 262 g/mol. The third-order valence-electron chi connectivity index (χ3n) is 3.43. The fourth-order valence-electron chi connectivity index (χ4n) is 2.32. The molecule has 0 saturated carbocycles. The van der Waals surface area contributed by atoms with Crippen LogP contribution < -0.4 is 5.32 Å². The second-order valence-corrected chi connectivity index (χ2v) is 4.95. The van der Waals surface area contributed by atoms with Crippen LogP contribution in [0.2, 0.25) is 0 Å². The summed E-state index contributed by atoms with van der Waals surface area (Å²) in [4.78, 5) is 13.7. The highest BCUT2D eigenvalue weighted by Gasteiger charge is 2.26.